The number of pyridine rings is 2. The summed E-state index contributed by atoms with van der Waals surface area (Å²) in [5, 5.41) is 3.06. The van der Waals surface area contributed by atoms with Crippen molar-refractivity contribution in [1.82, 2.24) is 15.3 Å². The Hall–Kier alpha value is -2.40. The van der Waals surface area contributed by atoms with Gasteiger partial charge in [0.2, 0.25) is 0 Å². The second kappa shape index (κ2) is 8.01. The van der Waals surface area contributed by atoms with Gasteiger partial charge < -0.3 is 5.32 Å². The van der Waals surface area contributed by atoms with Crippen molar-refractivity contribution in [2.24, 2.45) is 4.99 Å². The SMILES string of the molecule is C=CCNC(=S)CN=C(c1ccccn1)c1ccccn1. The molecule has 5 heteroatoms. The van der Waals surface area contributed by atoms with Crippen molar-refractivity contribution in [1.29, 1.82) is 0 Å². The fourth-order valence-electron chi connectivity index (χ4n) is 1.69. The Morgan fingerprint density at radius 1 is 1.14 bits per heavy atom. The second-order valence-electron chi connectivity index (χ2n) is 4.19. The Morgan fingerprint density at radius 2 is 1.76 bits per heavy atom. The maximum absolute atomic E-state index is 5.23. The molecular formula is C16H16N4S. The van der Waals surface area contributed by atoms with Gasteiger partial charge in [-0.05, 0) is 24.3 Å². The molecule has 2 heterocycles. The van der Waals surface area contributed by atoms with Gasteiger partial charge in [0.15, 0.2) is 0 Å². The van der Waals surface area contributed by atoms with Crippen LogP contribution in [0.4, 0.5) is 0 Å². The molecule has 0 saturated heterocycles. The first-order chi connectivity index (χ1) is 10.3. The summed E-state index contributed by atoms with van der Waals surface area (Å²) in [4.78, 5) is 13.9. The molecule has 0 aliphatic heterocycles. The van der Waals surface area contributed by atoms with E-state index in [1.54, 1.807) is 18.5 Å². The predicted molar refractivity (Wildman–Crippen MR) is 89.8 cm³/mol. The van der Waals surface area contributed by atoms with E-state index < -0.39 is 0 Å². The summed E-state index contributed by atoms with van der Waals surface area (Å²) in [6, 6.07) is 11.4. The van der Waals surface area contributed by atoms with E-state index in [4.69, 9.17) is 12.2 Å². The van der Waals surface area contributed by atoms with Crippen molar-refractivity contribution in [2.45, 2.75) is 0 Å². The topological polar surface area (TPSA) is 50.2 Å². The fraction of sp³-hybridized carbons (Fsp3) is 0.125. The minimum Gasteiger partial charge on any atom is -0.375 e. The highest BCUT2D eigenvalue weighted by atomic mass is 32.1. The van der Waals surface area contributed by atoms with E-state index in [9.17, 15) is 0 Å². The van der Waals surface area contributed by atoms with Crippen LogP contribution in [0, 0.1) is 0 Å². The van der Waals surface area contributed by atoms with Crippen LogP contribution in [0.5, 0.6) is 0 Å². The monoisotopic (exact) mass is 296 g/mol. The number of nitrogens with zero attached hydrogens (tertiary/aromatic N) is 3. The van der Waals surface area contributed by atoms with E-state index in [0.717, 1.165) is 17.1 Å². The Balaban J connectivity index is 2.25. The highest BCUT2D eigenvalue weighted by Crippen LogP contribution is 2.06. The standard InChI is InChI=1S/C16H16N4S/c1-2-9-19-15(21)12-20-16(13-7-3-5-10-17-13)14-8-4-6-11-18-14/h2-8,10-11H,1,9,12H2,(H,19,21). The van der Waals surface area contributed by atoms with Gasteiger partial charge in [0.1, 0.15) is 5.71 Å². The Labute approximate surface area is 129 Å². The first-order valence-electron chi connectivity index (χ1n) is 6.56. The maximum atomic E-state index is 5.23. The van der Waals surface area contributed by atoms with Gasteiger partial charge in [0.25, 0.3) is 0 Å². The molecule has 0 bridgehead atoms. The van der Waals surface area contributed by atoms with E-state index in [2.05, 4.69) is 26.9 Å². The first kappa shape index (κ1) is 15.0. The first-order valence-corrected chi connectivity index (χ1v) is 6.97. The third-order valence-corrected chi connectivity index (χ3v) is 2.91. The molecule has 0 amide bonds. The number of rotatable bonds is 6. The van der Waals surface area contributed by atoms with Gasteiger partial charge in [-0.25, -0.2) is 0 Å². The molecule has 0 aromatic carbocycles. The van der Waals surface area contributed by atoms with E-state index >= 15 is 0 Å². The lowest BCUT2D eigenvalue weighted by Crippen LogP contribution is -2.24. The molecule has 0 aliphatic rings. The summed E-state index contributed by atoms with van der Waals surface area (Å²) < 4.78 is 0. The minimum atomic E-state index is 0.394. The van der Waals surface area contributed by atoms with Gasteiger partial charge in [-0.15, -0.1) is 6.58 Å². The Bertz CT molecular complexity index is 582. The molecule has 21 heavy (non-hydrogen) atoms. The van der Waals surface area contributed by atoms with Crippen molar-refractivity contribution < 1.29 is 0 Å². The van der Waals surface area contributed by atoms with Crippen LogP contribution in [-0.4, -0.2) is 33.8 Å². The van der Waals surface area contributed by atoms with Crippen LogP contribution < -0.4 is 5.32 Å². The molecular weight excluding hydrogens is 280 g/mol. The number of hydrogen-bond acceptors (Lipinski definition) is 4. The zero-order valence-corrected chi connectivity index (χ0v) is 12.4. The smallest absolute Gasteiger partial charge is 0.109 e. The number of aliphatic imine (C=N–C) groups is 1. The molecule has 0 radical (unpaired) electrons. The number of thiocarbonyl (C=S) groups is 1. The summed E-state index contributed by atoms with van der Waals surface area (Å²) in [6.07, 6.45) is 5.23. The van der Waals surface area contributed by atoms with Crippen molar-refractivity contribution >= 4 is 22.9 Å². The molecule has 2 aromatic heterocycles. The summed E-state index contributed by atoms with van der Waals surface area (Å²) in [6.45, 7) is 4.68. The maximum Gasteiger partial charge on any atom is 0.109 e. The summed E-state index contributed by atoms with van der Waals surface area (Å²) in [5.74, 6) is 0. The molecule has 4 nitrogen and oxygen atoms in total. The molecule has 0 fully saturated rings. The van der Waals surface area contributed by atoms with Crippen molar-refractivity contribution in [3.05, 3.63) is 72.8 Å². The van der Waals surface area contributed by atoms with Gasteiger partial charge >= 0.3 is 0 Å². The minimum absolute atomic E-state index is 0.394. The number of hydrogen-bond donors (Lipinski definition) is 1. The van der Waals surface area contributed by atoms with Gasteiger partial charge in [0.05, 0.1) is 22.9 Å². The van der Waals surface area contributed by atoms with Crippen molar-refractivity contribution in [2.75, 3.05) is 13.1 Å². The van der Waals surface area contributed by atoms with Crippen LogP contribution in [0.1, 0.15) is 11.4 Å². The lowest BCUT2D eigenvalue weighted by molar-refractivity contribution is 1.03. The van der Waals surface area contributed by atoms with E-state index in [1.165, 1.54) is 0 Å². The highest BCUT2D eigenvalue weighted by Gasteiger charge is 2.09. The van der Waals surface area contributed by atoms with Crippen LogP contribution in [0.2, 0.25) is 0 Å². The lowest BCUT2D eigenvalue weighted by atomic mass is 10.1. The third kappa shape index (κ3) is 4.57. The van der Waals surface area contributed by atoms with E-state index in [-0.39, 0.29) is 0 Å². The zero-order valence-electron chi connectivity index (χ0n) is 11.6. The van der Waals surface area contributed by atoms with Crippen LogP contribution in [0.3, 0.4) is 0 Å². The predicted octanol–water partition coefficient (Wildman–Crippen LogP) is 2.42. The molecule has 0 atom stereocenters. The molecule has 2 rings (SSSR count). The van der Waals surface area contributed by atoms with Gasteiger partial charge in [0, 0.05) is 18.9 Å². The molecule has 0 unspecified atom stereocenters. The zero-order chi connectivity index (χ0) is 14.9. The average molecular weight is 296 g/mol. The average Bonchev–Trinajstić information content (AvgIpc) is 2.55. The molecule has 0 aliphatic carbocycles. The molecule has 1 N–H and O–H groups in total. The lowest BCUT2D eigenvalue weighted by Gasteiger charge is -2.07. The normalized spacial score (nSPS) is 9.71. The van der Waals surface area contributed by atoms with Gasteiger partial charge in [-0.2, -0.15) is 0 Å². The summed E-state index contributed by atoms with van der Waals surface area (Å²) >= 11 is 5.23. The quantitative estimate of drug-likeness (QED) is 0.505. The molecule has 106 valence electrons. The van der Waals surface area contributed by atoms with E-state index in [1.807, 2.05) is 36.4 Å². The number of aromatic nitrogens is 2. The summed E-state index contributed by atoms with van der Waals surface area (Å²) in [5.41, 5.74) is 2.30. The second-order valence-corrected chi connectivity index (χ2v) is 4.68. The fourth-order valence-corrected chi connectivity index (χ4v) is 1.84. The largest absolute Gasteiger partial charge is 0.375 e. The Morgan fingerprint density at radius 3 is 2.24 bits per heavy atom. The highest BCUT2D eigenvalue weighted by molar-refractivity contribution is 7.80. The van der Waals surface area contributed by atoms with Crippen molar-refractivity contribution in [3.63, 3.8) is 0 Å². The Kier molecular flexibility index (Phi) is 5.72. The molecule has 0 spiro atoms. The molecule has 2 aromatic rings. The van der Waals surface area contributed by atoms with E-state index in [0.29, 0.717) is 18.1 Å². The number of nitrogens with one attached hydrogen (secondary N) is 1. The summed E-state index contributed by atoms with van der Waals surface area (Å²) in [7, 11) is 0. The van der Waals surface area contributed by atoms with Crippen LogP contribution in [0.25, 0.3) is 0 Å². The van der Waals surface area contributed by atoms with Crippen LogP contribution in [0.15, 0.2) is 66.4 Å². The van der Waals surface area contributed by atoms with Gasteiger partial charge in [-0.1, -0.05) is 30.4 Å². The third-order valence-electron chi connectivity index (χ3n) is 2.64. The van der Waals surface area contributed by atoms with Crippen molar-refractivity contribution in [3.8, 4) is 0 Å². The van der Waals surface area contributed by atoms with Gasteiger partial charge in [-0.3, -0.25) is 15.0 Å². The van der Waals surface area contributed by atoms with Crippen LogP contribution in [-0.2, 0) is 0 Å². The molecule has 0 saturated carbocycles. The van der Waals surface area contributed by atoms with Crippen LogP contribution >= 0.6 is 12.2 Å².